The quantitative estimate of drug-likeness (QED) is 0.771. The summed E-state index contributed by atoms with van der Waals surface area (Å²) >= 11 is 3.04. The molecule has 0 radical (unpaired) electrons. The van der Waals surface area contributed by atoms with Crippen LogP contribution in [0.1, 0.15) is 24.6 Å². The molecule has 1 aliphatic rings. The Hall–Kier alpha value is -0.430. The lowest BCUT2D eigenvalue weighted by molar-refractivity contribution is 0.384. The van der Waals surface area contributed by atoms with Gasteiger partial charge >= 0.3 is 0 Å². The van der Waals surface area contributed by atoms with E-state index in [0.717, 1.165) is 6.42 Å². The Morgan fingerprint density at radius 3 is 2.86 bits per heavy atom. The Bertz CT molecular complexity index is 428. The zero-order chi connectivity index (χ0) is 10.2. The molecule has 1 aliphatic heterocycles. The molecular formula is C7H9BrN2O3S. The summed E-state index contributed by atoms with van der Waals surface area (Å²) in [5.74, 6) is 0.797. The molecule has 14 heavy (non-hydrogen) atoms. The topological polar surface area (TPSA) is 73.1 Å². The van der Waals surface area contributed by atoms with Crippen molar-refractivity contribution in [1.29, 1.82) is 0 Å². The lowest BCUT2D eigenvalue weighted by Crippen LogP contribution is -2.24. The zero-order valence-electron chi connectivity index (χ0n) is 7.31. The second-order valence-corrected chi connectivity index (χ2v) is 6.27. The van der Waals surface area contributed by atoms with Crippen LogP contribution in [0.15, 0.2) is 9.32 Å². The monoisotopic (exact) mass is 280 g/mol. The van der Waals surface area contributed by atoms with Gasteiger partial charge in [-0.1, -0.05) is 5.16 Å². The minimum Gasteiger partial charge on any atom is -0.327 e. The fourth-order valence-corrected chi connectivity index (χ4v) is 3.56. The first kappa shape index (κ1) is 10.1. The molecule has 0 N–H and O–H groups in total. The first-order chi connectivity index (χ1) is 6.57. The predicted molar refractivity (Wildman–Crippen MR) is 52.6 cm³/mol. The maximum atomic E-state index is 11.3. The molecule has 0 amide bonds. The van der Waals surface area contributed by atoms with Crippen molar-refractivity contribution in [3.8, 4) is 0 Å². The Balaban J connectivity index is 2.20. The van der Waals surface area contributed by atoms with Gasteiger partial charge < -0.3 is 4.52 Å². The van der Waals surface area contributed by atoms with Gasteiger partial charge in [0, 0.05) is 21.8 Å². The molecule has 1 atom stereocenters. The van der Waals surface area contributed by atoms with Gasteiger partial charge in [-0.25, -0.2) is 8.42 Å². The van der Waals surface area contributed by atoms with Crippen LogP contribution >= 0.6 is 15.9 Å². The van der Waals surface area contributed by atoms with E-state index in [9.17, 15) is 8.42 Å². The molecule has 0 aromatic carbocycles. The SMILES string of the molecule is O=S1(=O)CCCC(c2noc(Br)n2)C1. The van der Waals surface area contributed by atoms with E-state index in [1.54, 1.807) is 0 Å². The average molecular weight is 281 g/mol. The van der Waals surface area contributed by atoms with Crippen molar-refractivity contribution in [2.75, 3.05) is 11.5 Å². The number of hydrogen-bond donors (Lipinski definition) is 0. The highest BCUT2D eigenvalue weighted by atomic mass is 79.9. The highest BCUT2D eigenvalue weighted by Gasteiger charge is 2.28. The maximum absolute atomic E-state index is 11.3. The third-order valence-corrected chi connectivity index (χ3v) is 4.39. The standard InChI is InChI=1S/C7H9BrN2O3S/c8-7-9-6(10-13-7)5-2-1-3-14(11,12)4-5/h5H,1-4H2. The fourth-order valence-electron chi connectivity index (χ4n) is 1.61. The van der Waals surface area contributed by atoms with Crippen molar-refractivity contribution in [2.45, 2.75) is 18.8 Å². The molecule has 1 fully saturated rings. The van der Waals surface area contributed by atoms with Gasteiger partial charge in [0.2, 0.25) is 0 Å². The second-order valence-electron chi connectivity index (χ2n) is 3.36. The Morgan fingerprint density at radius 2 is 2.29 bits per heavy atom. The van der Waals surface area contributed by atoms with Crippen LogP contribution < -0.4 is 0 Å². The van der Waals surface area contributed by atoms with Gasteiger partial charge in [0.25, 0.3) is 4.80 Å². The van der Waals surface area contributed by atoms with Crippen LogP contribution in [-0.2, 0) is 9.84 Å². The molecule has 0 saturated carbocycles. The average Bonchev–Trinajstić information content (AvgIpc) is 2.50. The number of hydrogen-bond acceptors (Lipinski definition) is 5. The Morgan fingerprint density at radius 1 is 1.50 bits per heavy atom. The first-order valence-corrected chi connectivity index (χ1v) is 6.88. The second kappa shape index (κ2) is 3.62. The van der Waals surface area contributed by atoms with Crippen LogP contribution in [0, 0.1) is 0 Å². The van der Waals surface area contributed by atoms with E-state index in [4.69, 9.17) is 4.52 Å². The lowest BCUT2D eigenvalue weighted by atomic mass is 10.1. The van der Waals surface area contributed by atoms with Crippen molar-refractivity contribution < 1.29 is 12.9 Å². The van der Waals surface area contributed by atoms with E-state index in [-0.39, 0.29) is 17.4 Å². The minimum atomic E-state index is -2.91. The molecule has 2 rings (SSSR count). The van der Waals surface area contributed by atoms with Gasteiger partial charge in [-0.3, -0.25) is 0 Å². The molecule has 7 heteroatoms. The largest absolute Gasteiger partial charge is 0.327 e. The summed E-state index contributed by atoms with van der Waals surface area (Å²) in [6.45, 7) is 0. The summed E-state index contributed by atoms with van der Waals surface area (Å²) in [5.41, 5.74) is 0. The number of sulfone groups is 1. The highest BCUT2D eigenvalue weighted by molar-refractivity contribution is 9.10. The number of nitrogens with zero attached hydrogens (tertiary/aromatic N) is 2. The Labute approximate surface area is 89.9 Å². The van der Waals surface area contributed by atoms with Crippen molar-refractivity contribution in [2.24, 2.45) is 0 Å². The molecule has 1 aromatic rings. The van der Waals surface area contributed by atoms with Crippen molar-refractivity contribution >= 4 is 25.8 Å². The Kier molecular flexibility index (Phi) is 2.61. The van der Waals surface area contributed by atoms with E-state index >= 15 is 0 Å². The molecular weight excluding hydrogens is 272 g/mol. The first-order valence-electron chi connectivity index (χ1n) is 4.26. The summed E-state index contributed by atoms with van der Waals surface area (Å²) in [6.07, 6.45) is 1.49. The van der Waals surface area contributed by atoms with Gasteiger partial charge in [-0.05, 0) is 12.8 Å². The van der Waals surface area contributed by atoms with Crippen molar-refractivity contribution in [3.05, 3.63) is 10.6 Å². The molecule has 0 spiro atoms. The minimum absolute atomic E-state index is 0.108. The van der Waals surface area contributed by atoms with E-state index in [0.29, 0.717) is 17.0 Å². The van der Waals surface area contributed by atoms with Gasteiger partial charge in [-0.2, -0.15) is 4.98 Å². The summed E-state index contributed by atoms with van der Waals surface area (Å²) in [4.78, 5) is 4.28. The molecule has 0 bridgehead atoms. The molecule has 1 saturated heterocycles. The highest BCUT2D eigenvalue weighted by Crippen LogP contribution is 2.26. The van der Waals surface area contributed by atoms with Crippen LogP contribution in [0.5, 0.6) is 0 Å². The van der Waals surface area contributed by atoms with Crippen LogP contribution in [0.25, 0.3) is 0 Å². The van der Waals surface area contributed by atoms with Crippen LogP contribution in [0.2, 0.25) is 0 Å². The van der Waals surface area contributed by atoms with Crippen LogP contribution in [-0.4, -0.2) is 30.1 Å². The molecule has 0 aliphatic carbocycles. The summed E-state index contributed by atoms with van der Waals surface area (Å²) < 4.78 is 27.4. The smallest absolute Gasteiger partial charge is 0.293 e. The maximum Gasteiger partial charge on any atom is 0.293 e. The number of halogens is 1. The molecule has 1 unspecified atom stereocenters. The van der Waals surface area contributed by atoms with Crippen molar-refractivity contribution in [1.82, 2.24) is 10.1 Å². The zero-order valence-corrected chi connectivity index (χ0v) is 9.71. The molecule has 5 nitrogen and oxygen atoms in total. The van der Waals surface area contributed by atoms with Gasteiger partial charge in [0.15, 0.2) is 15.7 Å². The van der Waals surface area contributed by atoms with Crippen molar-refractivity contribution in [3.63, 3.8) is 0 Å². The fraction of sp³-hybridized carbons (Fsp3) is 0.714. The summed E-state index contributed by atoms with van der Waals surface area (Å²) in [6, 6.07) is 0. The van der Waals surface area contributed by atoms with Crippen LogP contribution in [0.4, 0.5) is 0 Å². The lowest BCUT2D eigenvalue weighted by Gasteiger charge is -2.18. The normalized spacial score (nSPS) is 26.2. The number of aromatic nitrogens is 2. The van der Waals surface area contributed by atoms with Gasteiger partial charge in [-0.15, -0.1) is 0 Å². The van der Waals surface area contributed by atoms with E-state index in [1.165, 1.54) is 0 Å². The summed E-state index contributed by atoms with van der Waals surface area (Å²) in [5, 5.41) is 3.71. The third-order valence-electron chi connectivity index (χ3n) is 2.25. The molecule has 78 valence electrons. The van der Waals surface area contributed by atoms with Gasteiger partial charge in [0.05, 0.1) is 11.5 Å². The van der Waals surface area contributed by atoms with E-state index in [1.807, 2.05) is 0 Å². The van der Waals surface area contributed by atoms with Crippen LogP contribution in [0.3, 0.4) is 0 Å². The van der Waals surface area contributed by atoms with E-state index in [2.05, 4.69) is 26.1 Å². The van der Waals surface area contributed by atoms with Gasteiger partial charge in [0.1, 0.15) is 0 Å². The predicted octanol–water partition coefficient (Wildman–Crippen LogP) is 1.12. The molecule has 1 aromatic heterocycles. The van der Waals surface area contributed by atoms with E-state index < -0.39 is 9.84 Å². The third kappa shape index (κ3) is 2.14. The number of rotatable bonds is 1. The summed E-state index contributed by atoms with van der Waals surface area (Å²) in [7, 11) is -2.91. The molecule has 2 heterocycles.